The van der Waals surface area contributed by atoms with Gasteiger partial charge in [0.1, 0.15) is 6.04 Å². The fourth-order valence-electron chi connectivity index (χ4n) is 1.29. The summed E-state index contributed by atoms with van der Waals surface area (Å²) in [5.41, 5.74) is 0. The van der Waals surface area contributed by atoms with Gasteiger partial charge in [-0.3, -0.25) is 4.79 Å². The number of likely N-dealkylation sites (tertiary alicyclic amines) is 1. The minimum atomic E-state index is -1.04. The zero-order valence-electron chi connectivity index (χ0n) is 6.33. The molecule has 1 heterocycles. The molecule has 1 saturated heterocycles. The van der Waals surface area contributed by atoms with Crippen molar-refractivity contribution < 1.29 is 4.79 Å². The van der Waals surface area contributed by atoms with E-state index in [1.807, 2.05) is 6.07 Å². The lowest BCUT2D eigenvalue weighted by atomic mass is 10.2. The molecular weight excluding hydrogens is 199 g/mol. The highest BCUT2D eigenvalue weighted by atomic mass is 35.5. The second kappa shape index (κ2) is 3.97. The molecule has 0 aromatic heterocycles. The van der Waals surface area contributed by atoms with Crippen LogP contribution in [0.1, 0.15) is 12.8 Å². The molecule has 0 radical (unpaired) electrons. The smallest absolute Gasteiger partial charge is 0.256 e. The Labute approximate surface area is 80.8 Å². The molecule has 0 saturated carbocycles. The fourth-order valence-corrected chi connectivity index (χ4v) is 1.54. The minimum Gasteiger partial charge on any atom is -0.324 e. The average molecular weight is 207 g/mol. The SMILES string of the molecule is N#C[C@@H]1CCCN1C(=O)C(Cl)Cl. The van der Waals surface area contributed by atoms with Gasteiger partial charge < -0.3 is 4.90 Å². The van der Waals surface area contributed by atoms with E-state index in [9.17, 15) is 4.79 Å². The molecule has 1 aliphatic heterocycles. The lowest BCUT2D eigenvalue weighted by Gasteiger charge is -2.19. The number of nitriles is 1. The van der Waals surface area contributed by atoms with Crippen molar-refractivity contribution in [2.24, 2.45) is 0 Å². The largest absolute Gasteiger partial charge is 0.324 e. The third-order valence-electron chi connectivity index (χ3n) is 1.87. The minimum absolute atomic E-state index is 0.336. The van der Waals surface area contributed by atoms with E-state index in [1.165, 1.54) is 4.90 Å². The van der Waals surface area contributed by atoms with Crippen molar-refractivity contribution in [2.45, 2.75) is 23.7 Å². The van der Waals surface area contributed by atoms with Gasteiger partial charge in [-0.05, 0) is 12.8 Å². The lowest BCUT2D eigenvalue weighted by Crippen LogP contribution is -2.37. The van der Waals surface area contributed by atoms with E-state index in [1.54, 1.807) is 0 Å². The van der Waals surface area contributed by atoms with Crippen molar-refractivity contribution >= 4 is 29.1 Å². The number of halogens is 2. The molecule has 0 aliphatic carbocycles. The Balaban J connectivity index is 2.63. The summed E-state index contributed by atoms with van der Waals surface area (Å²) in [6.07, 6.45) is 1.58. The first kappa shape index (κ1) is 9.63. The molecule has 0 spiro atoms. The number of hydrogen-bond acceptors (Lipinski definition) is 2. The first-order valence-electron chi connectivity index (χ1n) is 3.65. The maximum atomic E-state index is 11.2. The molecule has 1 fully saturated rings. The summed E-state index contributed by atoms with van der Waals surface area (Å²) in [7, 11) is 0. The van der Waals surface area contributed by atoms with E-state index in [0.29, 0.717) is 6.54 Å². The second-order valence-electron chi connectivity index (χ2n) is 2.62. The predicted octanol–water partition coefficient (Wildman–Crippen LogP) is 1.30. The molecule has 1 atom stereocenters. The number of carbonyl (C=O) groups excluding carboxylic acids is 1. The van der Waals surface area contributed by atoms with Gasteiger partial charge in [0, 0.05) is 6.54 Å². The number of hydrogen-bond donors (Lipinski definition) is 0. The molecule has 5 heteroatoms. The molecule has 0 unspecified atom stereocenters. The Morgan fingerprint density at radius 3 is 2.83 bits per heavy atom. The molecule has 1 amide bonds. The van der Waals surface area contributed by atoms with Gasteiger partial charge in [-0.25, -0.2) is 0 Å². The van der Waals surface area contributed by atoms with Crippen LogP contribution in [0.4, 0.5) is 0 Å². The number of alkyl halides is 2. The average Bonchev–Trinajstić information content (AvgIpc) is 2.49. The van der Waals surface area contributed by atoms with E-state index >= 15 is 0 Å². The van der Waals surface area contributed by atoms with E-state index < -0.39 is 4.84 Å². The quantitative estimate of drug-likeness (QED) is 0.608. The zero-order valence-corrected chi connectivity index (χ0v) is 7.85. The summed E-state index contributed by atoms with van der Waals surface area (Å²) in [6.45, 7) is 0.590. The summed E-state index contributed by atoms with van der Waals surface area (Å²) in [5.74, 6) is -0.359. The van der Waals surface area contributed by atoms with Crippen molar-refractivity contribution in [1.29, 1.82) is 5.26 Å². The summed E-state index contributed by atoms with van der Waals surface area (Å²) < 4.78 is 0. The van der Waals surface area contributed by atoms with Crippen LogP contribution in [0.2, 0.25) is 0 Å². The Hall–Kier alpha value is -0.460. The van der Waals surface area contributed by atoms with E-state index in [4.69, 9.17) is 28.5 Å². The van der Waals surface area contributed by atoms with E-state index in [2.05, 4.69) is 0 Å². The van der Waals surface area contributed by atoms with Gasteiger partial charge in [0.2, 0.25) is 0 Å². The van der Waals surface area contributed by atoms with Gasteiger partial charge in [-0.1, -0.05) is 23.2 Å². The van der Waals surface area contributed by atoms with Crippen molar-refractivity contribution in [3.63, 3.8) is 0 Å². The highest BCUT2D eigenvalue weighted by Crippen LogP contribution is 2.19. The Morgan fingerprint density at radius 2 is 2.33 bits per heavy atom. The Bertz CT molecular complexity index is 224. The summed E-state index contributed by atoms with van der Waals surface area (Å²) in [4.78, 5) is 11.6. The first-order valence-corrected chi connectivity index (χ1v) is 4.52. The van der Waals surface area contributed by atoms with Crippen molar-refractivity contribution in [3.8, 4) is 6.07 Å². The third kappa shape index (κ3) is 1.82. The van der Waals surface area contributed by atoms with Gasteiger partial charge in [-0.2, -0.15) is 5.26 Å². The maximum Gasteiger partial charge on any atom is 0.256 e. The Morgan fingerprint density at radius 1 is 1.67 bits per heavy atom. The van der Waals surface area contributed by atoms with Crippen LogP contribution in [0.15, 0.2) is 0 Å². The normalized spacial score (nSPS) is 22.8. The molecule has 3 nitrogen and oxygen atoms in total. The van der Waals surface area contributed by atoms with Crippen LogP contribution < -0.4 is 0 Å². The predicted molar refractivity (Wildman–Crippen MR) is 45.8 cm³/mol. The highest BCUT2D eigenvalue weighted by molar-refractivity contribution is 6.53. The number of rotatable bonds is 1. The van der Waals surface area contributed by atoms with Crippen LogP contribution in [0.25, 0.3) is 0 Å². The van der Waals surface area contributed by atoms with Crippen LogP contribution in [-0.4, -0.2) is 28.2 Å². The van der Waals surface area contributed by atoms with Gasteiger partial charge in [0.15, 0.2) is 4.84 Å². The number of nitrogens with zero attached hydrogens (tertiary/aromatic N) is 2. The second-order valence-corrected chi connectivity index (χ2v) is 3.72. The standard InChI is InChI=1S/C7H8Cl2N2O/c8-6(9)7(12)11-3-1-2-5(11)4-10/h5-6H,1-3H2/t5-/m0/s1. The van der Waals surface area contributed by atoms with Gasteiger partial charge in [0.05, 0.1) is 6.07 Å². The Kier molecular flexibility index (Phi) is 3.19. The molecule has 1 rings (SSSR count). The first-order chi connectivity index (χ1) is 5.66. The van der Waals surface area contributed by atoms with Crippen molar-refractivity contribution in [3.05, 3.63) is 0 Å². The van der Waals surface area contributed by atoms with Gasteiger partial charge >= 0.3 is 0 Å². The summed E-state index contributed by atoms with van der Waals surface area (Å²) in [5, 5.41) is 8.64. The summed E-state index contributed by atoms with van der Waals surface area (Å²) in [6, 6.07) is 1.70. The van der Waals surface area contributed by atoms with E-state index in [0.717, 1.165) is 12.8 Å². The van der Waals surface area contributed by atoms with Crippen LogP contribution in [0, 0.1) is 11.3 Å². The summed E-state index contributed by atoms with van der Waals surface area (Å²) >= 11 is 10.8. The molecule has 66 valence electrons. The monoisotopic (exact) mass is 206 g/mol. The zero-order chi connectivity index (χ0) is 9.14. The molecule has 12 heavy (non-hydrogen) atoms. The number of amides is 1. The van der Waals surface area contributed by atoms with Gasteiger partial charge in [-0.15, -0.1) is 0 Å². The molecule has 0 bridgehead atoms. The highest BCUT2D eigenvalue weighted by Gasteiger charge is 2.31. The van der Waals surface area contributed by atoms with Crippen LogP contribution in [-0.2, 0) is 4.79 Å². The third-order valence-corrected chi connectivity index (χ3v) is 2.24. The maximum absolute atomic E-state index is 11.2. The molecule has 1 aliphatic rings. The fraction of sp³-hybridized carbons (Fsp3) is 0.714. The van der Waals surface area contributed by atoms with Gasteiger partial charge in [0.25, 0.3) is 5.91 Å². The molecular formula is C7H8Cl2N2O. The molecule has 0 aromatic rings. The van der Waals surface area contributed by atoms with Crippen LogP contribution in [0.3, 0.4) is 0 Å². The lowest BCUT2D eigenvalue weighted by molar-refractivity contribution is -0.129. The van der Waals surface area contributed by atoms with Crippen LogP contribution >= 0.6 is 23.2 Å². The van der Waals surface area contributed by atoms with Crippen molar-refractivity contribution in [2.75, 3.05) is 6.54 Å². The topological polar surface area (TPSA) is 44.1 Å². The van der Waals surface area contributed by atoms with Crippen molar-refractivity contribution in [1.82, 2.24) is 4.90 Å². The number of carbonyl (C=O) groups is 1. The van der Waals surface area contributed by atoms with E-state index in [-0.39, 0.29) is 11.9 Å². The molecule has 0 N–H and O–H groups in total. The molecule has 0 aromatic carbocycles. The van der Waals surface area contributed by atoms with Crippen LogP contribution in [0.5, 0.6) is 0 Å².